The second-order valence-electron chi connectivity index (χ2n) is 5.55. The first-order chi connectivity index (χ1) is 12.4. The van der Waals surface area contributed by atoms with Gasteiger partial charge in [0.1, 0.15) is 0 Å². The average molecular weight is 376 g/mol. The molecule has 0 saturated heterocycles. The highest BCUT2D eigenvalue weighted by atomic mass is 32.1. The highest BCUT2D eigenvalue weighted by Gasteiger charge is 2.29. The van der Waals surface area contributed by atoms with Crippen molar-refractivity contribution in [2.24, 2.45) is 0 Å². The number of halogens is 3. The zero-order valence-electron chi connectivity index (χ0n) is 13.5. The maximum absolute atomic E-state index is 12.5. The molecule has 1 heterocycles. The predicted molar refractivity (Wildman–Crippen MR) is 97.1 cm³/mol. The van der Waals surface area contributed by atoms with Crippen LogP contribution < -0.4 is 10.6 Å². The summed E-state index contributed by atoms with van der Waals surface area (Å²) in [7, 11) is 0. The minimum atomic E-state index is -4.40. The molecule has 2 amide bonds. The lowest BCUT2D eigenvalue weighted by molar-refractivity contribution is -0.137. The van der Waals surface area contributed by atoms with E-state index in [0.29, 0.717) is 12.2 Å². The summed E-state index contributed by atoms with van der Waals surface area (Å²) in [6, 6.07) is 13.6. The van der Waals surface area contributed by atoms with E-state index >= 15 is 0 Å². The van der Waals surface area contributed by atoms with E-state index in [4.69, 9.17) is 0 Å². The van der Waals surface area contributed by atoms with Gasteiger partial charge in [0.05, 0.1) is 5.56 Å². The highest BCUT2D eigenvalue weighted by Crippen LogP contribution is 2.30. The lowest BCUT2D eigenvalue weighted by Gasteiger charge is -2.12. The van der Waals surface area contributed by atoms with Crippen molar-refractivity contribution in [3.63, 3.8) is 0 Å². The maximum atomic E-state index is 12.5. The Morgan fingerprint density at radius 1 is 1.00 bits per heavy atom. The molecule has 0 bridgehead atoms. The van der Waals surface area contributed by atoms with Gasteiger partial charge in [-0.25, -0.2) is 4.79 Å². The minimum Gasteiger partial charge on any atom is -0.334 e. The van der Waals surface area contributed by atoms with Crippen molar-refractivity contribution in [2.45, 2.75) is 12.7 Å². The Morgan fingerprint density at radius 3 is 2.38 bits per heavy atom. The molecule has 134 valence electrons. The van der Waals surface area contributed by atoms with Crippen LogP contribution >= 0.6 is 11.3 Å². The number of anilines is 1. The Hall–Kier alpha value is -2.80. The van der Waals surface area contributed by atoms with Crippen molar-refractivity contribution in [1.82, 2.24) is 5.32 Å². The van der Waals surface area contributed by atoms with E-state index in [1.54, 1.807) is 11.3 Å². The number of carbonyl (C=O) groups is 1. The van der Waals surface area contributed by atoms with Gasteiger partial charge < -0.3 is 10.6 Å². The third kappa shape index (κ3) is 4.43. The molecule has 3 aromatic rings. The van der Waals surface area contributed by atoms with E-state index in [0.717, 1.165) is 28.8 Å². The first kappa shape index (κ1) is 18.0. The molecule has 0 aliphatic rings. The van der Waals surface area contributed by atoms with Gasteiger partial charge in [-0.15, -0.1) is 0 Å². The molecule has 2 N–H and O–H groups in total. The second kappa shape index (κ2) is 7.61. The molecule has 3 rings (SSSR count). The third-order valence-corrected chi connectivity index (χ3v) is 4.44. The van der Waals surface area contributed by atoms with Crippen LogP contribution in [0.4, 0.5) is 23.7 Å². The lowest BCUT2D eigenvalue weighted by Crippen LogP contribution is -2.28. The standard InChI is InChI=1S/C19H15F3N2OS/c20-19(21,22)15-5-7-16(8-6-15)24-18(25)23-11-13-3-1-2-4-17(13)14-9-10-26-12-14/h1-10,12H,11H2,(H2,23,24,25). The first-order valence-electron chi connectivity index (χ1n) is 7.76. The number of rotatable bonds is 4. The zero-order chi connectivity index (χ0) is 18.6. The van der Waals surface area contributed by atoms with Crippen LogP contribution in [0.3, 0.4) is 0 Å². The van der Waals surface area contributed by atoms with E-state index in [-0.39, 0.29) is 0 Å². The quantitative estimate of drug-likeness (QED) is 0.598. The molecule has 2 aromatic carbocycles. The average Bonchev–Trinajstić information content (AvgIpc) is 3.14. The van der Waals surface area contributed by atoms with Gasteiger partial charge in [-0.2, -0.15) is 24.5 Å². The summed E-state index contributed by atoms with van der Waals surface area (Å²) >= 11 is 1.59. The minimum absolute atomic E-state index is 0.293. The molecule has 0 saturated carbocycles. The van der Waals surface area contributed by atoms with Crippen LogP contribution in [-0.2, 0) is 12.7 Å². The first-order valence-corrected chi connectivity index (χ1v) is 8.70. The molecule has 26 heavy (non-hydrogen) atoms. The van der Waals surface area contributed by atoms with Crippen molar-refractivity contribution in [1.29, 1.82) is 0 Å². The van der Waals surface area contributed by atoms with E-state index in [2.05, 4.69) is 10.6 Å². The van der Waals surface area contributed by atoms with Crippen LogP contribution in [0.2, 0.25) is 0 Å². The van der Waals surface area contributed by atoms with E-state index in [1.807, 2.05) is 41.1 Å². The Bertz CT molecular complexity index is 875. The van der Waals surface area contributed by atoms with Gasteiger partial charge in [0.15, 0.2) is 0 Å². The van der Waals surface area contributed by atoms with Crippen molar-refractivity contribution < 1.29 is 18.0 Å². The summed E-state index contributed by atoms with van der Waals surface area (Å²) in [6.07, 6.45) is -4.40. The smallest absolute Gasteiger partial charge is 0.334 e. The normalized spacial score (nSPS) is 11.2. The number of urea groups is 1. The molecular formula is C19H15F3N2OS. The molecule has 1 aromatic heterocycles. The van der Waals surface area contributed by atoms with Crippen molar-refractivity contribution in [3.05, 3.63) is 76.5 Å². The number of hydrogen-bond donors (Lipinski definition) is 2. The van der Waals surface area contributed by atoms with Crippen LogP contribution in [0, 0.1) is 0 Å². The van der Waals surface area contributed by atoms with E-state index in [9.17, 15) is 18.0 Å². The van der Waals surface area contributed by atoms with Crippen molar-refractivity contribution in [2.75, 3.05) is 5.32 Å². The number of carbonyl (C=O) groups excluding carboxylic acids is 1. The molecule has 0 fully saturated rings. The molecule has 3 nitrogen and oxygen atoms in total. The summed E-state index contributed by atoms with van der Waals surface area (Å²) in [5, 5.41) is 9.27. The summed E-state index contributed by atoms with van der Waals surface area (Å²) in [5.74, 6) is 0. The van der Waals surface area contributed by atoms with Gasteiger partial charge >= 0.3 is 12.2 Å². The van der Waals surface area contributed by atoms with Gasteiger partial charge in [-0.1, -0.05) is 24.3 Å². The summed E-state index contributed by atoms with van der Waals surface area (Å²) < 4.78 is 37.6. The summed E-state index contributed by atoms with van der Waals surface area (Å²) in [6.45, 7) is 0.304. The molecule has 0 unspecified atom stereocenters. The Balaban J connectivity index is 1.62. The van der Waals surface area contributed by atoms with Gasteiger partial charge in [-0.3, -0.25) is 0 Å². The fraction of sp³-hybridized carbons (Fsp3) is 0.105. The van der Waals surface area contributed by atoms with E-state index < -0.39 is 17.8 Å². The summed E-state index contributed by atoms with van der Waals surface area (Å²) in [4.78, 5) is 12.0. The molecule has 0 atom stereocenters. The van der Waals surface area contributed by atoms with Gasteiger partial charge in [-0.05, 0) is 57.8 Å². The number of thiophene rings is 1. The zero-order valence-corrected chi connectivity index (χ0v) is 14.3. The number of alkyl halides is 3. The second-order valence-corrected chi connectivity index (χ2v) is 6.33. The van der Waals surface area contributed by atoms with Gasteiger partial charge in [0.2, 0.25) is 0 Å². The monoisotopic (exact) mass is 376 g/mol. The van der Waals surface area contributed by atoms with Gasteiger partial charge in [0, 0.05) is 12.2 Å². The maximum Gasteiger partial charge on any atom is 0.416 e. The fourth-order valence-electron chi connectivity index (χ4n) is 2.47. The molecule has 0 aliphatic carbocycles. The third-order valence-electron chi connectivity index (χ3n) is 3.76. The molecule has 0 radical (unpaired) electrons. The van der Waals surface area contributed by atoms with Crippen LogP contribution in [-0.4, -0.2) is 6.03 Å². The van der Waals surface area contributed by atoms with Crippen molar-refractivity contribution >= 4 is 23.1 Å². The Morgan fingerprint density at radius 2 is 1.73 bits per heavy atom. The largest absolute Gasteiger partial charge is 0.416 e. The number of amides is 2. The van der Waals surface area contributed by atoms with Crippen LogP contribution in [0.25, 0.3) is 11.1 Å². The van der Waals surface area contributed by atoms with Crippen LogP contribution in [0.1, 0.15) is 11.1 Å². The SMILES string of the molecule is O=C(NCc1ccccc1-c1ccsc1)Nc1ccc(C(F)(F)F)cc1. The number of benzene rings is 2. The van der Waals surface area contributed by atoms with Crippen molar-refractivity contribution in [3.8, 4) is 11.1 Å². The Kier molecular flexibility index (Phi) is 5.27. The van der Waals surface area contributed by atoms with Crippen LogP contribution in [0.5, 0.6) is 0 Å². The van der Waals surface area contributed by atoms with Gasteiger partial charge in [0.25, 0.3) is 0 Å². The topological polar surface area (TPSA) is 41.1 Å². The molecule has 7 heteroatoms. The summed E-state index contributed by atoms with van der Waals surface area (Å²) in [5.41, 5.74) is 2.60. The van der Waals surface area contributed by atoms with Crippen LogP contribution in [0.15, 0.2) is 65.4 Å². The highest BCUT2D eigenvalue weighted by molar-refractivity contribution is 7.08. The molecular weight excluding hydrogens is 361 g/mol. The predicted octanol–water partition coefficient (Wildman–Crippen LogP) is 5.76. The fourth-order valence-corrected chi connectivity index (χ4v) is 3.12. The van der Waals surface area contributed by atoms with E-state index in [1.165, 1.54) is 12.1 Å². The molecule has 0 spiro atoms. The Labute approximate surface area is 152 Å². The lowest BCUT2D eigenvalue weighted by atomic mass is 10.0. The number of nitrogens with one attached hydrogen (secondary N) is 2. The molecule has 0 aliphatic heterocycles. The number of hydrogen-bond acceptors (Lipinski definition) is 2.